The van der Waals surface area contributed by atoms with Gasteiger partial charge in [-0.1, -0.05) is 23.7 Å². The Balaban J connectivity index is 1.70. The summed E-state index contributed by atoms with van der Waals surface area (Å²) in [6.07, 6.45) is 2.72. The van der Waals surface area contributed by atoms with Crippen molar-refractivity contribution in [3.63, 3.8) is 0 Å². The lowest BCUT2D eigenvalue weighted by Gasteiger charge is -2.29. The number of rotatable bonds is 2. The average molecular weight is 293 g/mol. The Morgan fingerprint density at radius 2 is 2.25 bits per heavy atom. The Morgan fingerprint density at radius 1 is 1.40 bits per heavy atom. The van der Waals surface area contributed by atoms with Gasteiger partial charge in [0.1, 0.15) is 11.7 Å². The monoisotopic (exact) mass is 292 g/mol. The molecule has 1 aromatic carbocycles. The van der Waals surface area contributed by atoms with E-state index in [-0.39, 0.29) is 23.7 Å². The predicted octanol–water partition coefficient (Wildman–Crippen LogP) is 2.09. The van der Waals surface area contributed by atoms with Crippen LogP contribution in [0.3, 0.4) is 0 Å². The molecular formula is C15H17ClN2O2. The van der Waals surface area contributed by atoms with Crippen molar-refractivity contribution < 1.29 is 9.53 Å². The highest BCUT2D eigenvalue weighted by atomic mass is 35.5. The summed E-state index contributed by atoms with van der Waals surface area (Å²) in [5.74, 6) is 0.234. The molecule has 2 atom stereocenters. The molecule has 4 nitrogen and oxygen atoms in total. The number of nitrogens with zero attached hydrogens (tertiary/aromatic N) is 1. The SMILES string of the molecule is O=C1N(C2CCOC2)C(c2cccc(Cl)c2)NC12CC2. The normalized spacial score (nSPS) is 31.2. The van der Waals surface area contributed by atoms with Gasteiger partial charge in [-0.05, 0) is 37.0 Å². The molecule has 3 aliphatic rings. The van der Waals surface area contributed by atoms with Gasteiger partial charge in [-0.25, -0.2) is 0 Å². The fraction of sp³-hybridized carbons (Fsp3) is 0.533. The number of hydrogen-bond donors (Lipinski definition) is 1. The van der Waals surface area contributed by atoms with Gasteiger partial charge in [0, 0.05) is 11.6 Å². The maximum atomic E-state index is 12.7. The van der Waals surface area contributed by atoms with Crippen LogP contribution in [0.1, 0.15) is 31.0 Å². The highest BCUT2D eigenvalue weighted by molar-refractivity contribution is 6.30. The topological polar surface area (TPSA) is 41.6 Å². The van der Waals surface area contributed by atoms with E-state index in [0.29, 0.717) is 11.6 Å². The van der Waals surface area contributed by atoms with E-state index >= 15 is 0 Å². The number of carbonyl (C=O) groups is 1. The van der Waals surface area contributed by atoms with E-state index in [1.165, 1.54) is 0 Å². The highest BCUT2D eigenvalue weighted by Gasteiger charge is 2.60. The van der Waals surface area contributed by atoms with E-state index in [2.05, 4.69) is 5.32 Å². The van der Waals surface area contributed by atoms with Gasteiger partial charge in [0.05, 0.1) is 12.6 Å². The average Bonchev–Trinajstić information content (AvgIpc) is 2.90. The lowest BCUT2D eigenvalue weighted by molar-refractivity contribution is -0.133. The third-order valence-electron chi connectivity index (χ3n) is 4.55. The van der Waals surface area contributed by atoms with Gasteiger partial charge in [0.25, 0.3) is 0 Å². The van der Waals surface area contributed by atoms with Gasteiger partial charge < -0.3 is 9.64 Å². The van der Waals surface area contributed by atoms with E-state index in [0.717, 1.165) is 31.4 Å². The molecule has 20 heavy (non-hydrogen) atoms. The first-order chi connectivity index (χ1) is 9.70. The molecule has 5 heteroatoms. The molecule has 2 saturated heterocycles. The van der Waals surface area contributed by atoms with Gasteiger partial charge in [-0.15, -0.1) is 0 Å². The molecule has 2 aliphatic heterocycles. The quantitative estimate of drug-likeness (QED) is 0.907. The molecule has 1 amide bonds. The number of ether oxygens (including phenoxy) is 1. The van der Waals surface area contributed by atoms with Crippen LogP contribution in [0.5, 0.6) is 0 Å². The molecule has 1 N–H and O–H groups in total. The maximum absolute atomic E-state index is 12.7. The Kier molecular flexibility index (Phi) is 2.81. The molecule has 1 spiro atoms. The predicted molar refractivity (Wildman–Crippen MR) is 75.4 cm³/mol. The summed E-state index contributed by atoms with van der Waals surface area (Å²) in [4.78, 5) is 14.7. The van der Waals surface area contributed by atoms with Crippen LogP contribution in [0.2, 0.25) is 5.02 Å². The first-order valence-corrected chi connectivity index (χ1v) is 7.51. The molecule has 1 aromatic rings. The minimum atomic E-state index is -0.310. The summed E-state index contributed by atoms with van der Waals surface area (Å²) in [7, 11) is 0. The zero-order valence-electron chi connectivity index (χ0n) is 11.1. The van der Waals surface area contributed by atoms with Crippen LogP contribution < -0.4 is 5.32 Å². The van der Waals surface area contributed by atoms with Crippen molar-refractivity contribution in [2.75, 3.05) is 13.2 Å². The summed E-state index contributed by atoms with van der Waals surface area (Å²) in [5.41, 5.74) is 0.747. The fourth-order valence-corrected chi connectivity index (χ4v) is 3.48. The van der Waals surface area contributed by atoms with Gasteiger partial charge in [-0.3, -0.25) is 10.1 Å². The fourth-order valence-electron chi connectivity index (χ4n) is 3.28. The molecule has 0 aromatic heterocycles. The van der Waals surface area contributed by atoms with Crippen molar-refractivity contribution in [3.05, 3.63) is 34.9 Å². The summed E-state index contributed by atoms with van der Waals surface area (Å²) in [6, 6.07) is 7.94. The van der Waals surface area contributed by atoms with Crippen LogP contribution in [0.15, 0.2) is 24.3 Å². The van der Waals surface area contributed by atoms with Crippen LogP contribution in [0.25, 0.3) is 0 Å². The number of amides is 1. The Labute approximate surface area is 123 Å². The smallest absolute Gasteiger partial charge is 0.244 e. The van der Waals surface area contributed by atoms with Gasteiger partial charge >= 0.3 is 0 Å². The molecule has 106 valence electrons. The van der Waals surface area contributed by atoms with Crippen molar-refractivity contribution in [3.8, 4) is 0 Å². The van der Waals surface area contributed by atoms with E-state index in [9.17, 15) is 4.79 Å². The first kappa shape index (κ1) is 12.6. The van der Waals surface area contributed by atoms with Crippen LogP contribution in [0, 0.1) is 0 Å². The van der Waals surface area contributed by atoms with E-state index < -0.39 is 0 Å². The van der Waals surface area contributed by atoms with Crippen LogP contribution >= 0.6 is 11.6 Å². The molecule has 0 radical (unpaired) electrons. The van der Waals surface area contributed by atoms with Gasteiger partial charge in [0.15, 0.2) is 0 Å². The van der Waals surface area contributed by atoms with Crippen molar-refractivity contribution in [1.82, 2.24) is 10.2 Å². The number of benzene rings is 1. The summed E-state index contributed by atoms with van der Waals surface area (Å²) >= 11 is 6.10. The molecule has 1 saturated carbocycles. The Morgan fingerprint density at radius 3 is 2.90 bits per heavy atom. The summed E-state index contributed by atoms with van der Waals surface area (Å²) < 4.78 is 5.47. The van der Waals surface area contributed by atoms with Crippen molar-refractivity contribution in [2.45, 2.75) is 37.0 Å². The Hall–Kier alpha value is -1.10. The minimum absolute atomic E-state index is 0.0737. The van der Waals surface area contributed by atoms with E-state index in [1.807, 2.05) is 29.2 Å². The summed E-state index contributed by atoms with van der Waals surface area (Å²) in [6.45, 7) is 1.38. The van der Waals surface area contributed by atoms with Crippen molar-refractivity contribution in [1.29, 1.82) is 0 Å². The molecule has 0 bridgehead atoms. The zero-order chi connectivity index (χ0) is 13.7. The molecule has 4 rings (SSSR count). The first-order valence-electron chi connectivity index (χ1n) is 7.13. The van der Waals surface area contributed by atoms with Crippen LogP contribution in [0.4, 0.5) is 0 Å². The third kappa shape index (κ3) is 1.86. The number of carbonyl (C=O) groups excluding carboxylic acids is 1. The van der Waals surface area contributed by atoms with Gasteiger partial charge in [0.2, 0.25) is 5.91 Å². The largest absolute Gasteiger partial charge is 0.379 e. The van der Waals surface area contributed by atoms with E-state index in [1.54, 1.807) is 0 Å². The van der Waals surface area contributed by atoms with Crippen LogP contribution in [-0.4, -0.2) is 35.6 Å². The van der Waals surface area contributed by atoms with Gasteiger partial charge in [-0.2, -0.15) is 0 Å². The number of nitrogens with one attached hydrogen (secondary N) is 1. The molecule has 2 heterocycles. The standard InChI is InChI=1S/C15H17ClN2O2/c16-11-3-1-2-10(8-11)13-17-15(5-6-15)14(19)18(13)12-4-7-20-9-12/h1-3,8,12-13,17H,4-7,9H2. The summed E-state index contributed by atoms with van der Waals surface area (Å²) in [5, 5.41) is 4.23. The highest BCUT2D eigenvalue weighted by Crippen LogP contribution is 2.47. The molecule has 2 unspecified atom stereocenters. The Bertz CT molecular complexity index is 553. The van der Waals surface area contributed by atoms with E-state index in [4.69, 9.17) is 16.3 Å². The third-order valence-corrected chi connectivity index (χ3v) is 4.78. The van der Waals surface area contributed by atoms with Crippen molar-refractivity contribution in [2.24, 2.45) is 0 Å². The lowest BCUT2D eigenvalue weighted by Crippen LogP contribution is -2.40. The number of halogens is 1. The second-order valence-electron chi connectivity index (χ2n) is 5.91. The van der Waals surface area contributed by atoms with Crippen molar-refractivity contribution >= 4 is 17.5 Å². The zero-order valence-corrected chi connectivity index (χ0v) is 11.9. The van der Waals surface area contributed by atoms with Crippen LogP contribution in [-0.2, 0) is 9.53 Å². The maximum Gasteiger partial charge on any atom is 0.244 e. The number of hydrogen-bond acceptors (Lipinski definition) is 3. The molecular weight excluding hydrogens is 276 g/mol. The minimum Gasteiger partial charge on any atom is -0.379 e. The molecule has 1 aliphatic carbocycles. The second kappa shape index (κ2) is 4.45. The molecule has 3 fully saturated rings. The second-order valence-corrected chi connectivity index (χ2v) is 6.35. The lowest BCUT2D eigenvalue weighted by atomic mass is 10.1.